The first-order valence-electron chi connectivity index (χ1n) is 4.99. The molecule has 1 aromatic carbocycles. The van der Waals surface area contributed by atoms with Gasteiger partial charge in [0.05, 0.1) is 0 Å². The van der Waals surface area contributed by atoms with Crippen LogP contribution in [0.15, 0.2) is 22.7 Å². The molecule has 2 rings (SSSR count). The summed E-state index contributed by atoms with van der Waals surface area (Å²) < 4.78 is 13.9. The monoisotopic (exact) mass is 334 g/mol. The van der Waals surface area contributed by atoms with Crippen LogP contribution in [0.5, 0.6) is 0 Å². The molecule has 0 N–H and O–H groups in total. The molecule has 1 aromatic rings. The summed E-state index contributed by atoms with van der Waals surface area (Å²) >= 11 is 6.98. The minimum Gasteiger partial charge on any atom is -0.207 e. The summed E-state index contributed by atoms with van der Waals surface area (Å²) in [7, 11) is 0. The molecule has 0 saturated heterocycles. The van der Waals surface area contributed by atoms with Gasteiger partial charge in [0.15, 0.2) is 0 Å². The minimum absolute atomic E-state index is 0.181. The third-order valence-electron chi connectivity index (χ3n) is 3.51. The maximum Gasteiger partial charge on any atom is 0.124 e. The van der Waals surface area contributed by atoms with Crippen LogP contribution in [0.1, 0.15) is 25.3 Å². The summed E-state index contributed by atoms with van der Waals surface area (Å²) in [6.45, 7) is 4.53. The first-order chi connectivity index (χ1) is 6.98. The predicted molar refractivity (Wildman–Crippen MR) is 67.9 cm³/mol. The number of benzene rings is 1. The fourth-order valence-electron chi connectivity index (χ4n) is 2.40. The zero-order chi connectivity index (χ0) is 11.2. The molecule has 0 nitrogen and oxygen atoms in total. The van der Waals surface area contributed by atoms with Crippen LogP contribution >= 0.6 is 31.9 Å². The van der Waals surface area contributed by atoms with E-state index in [2.05, 4.69) is 45.7 Å². The van der Waals surface area contributed by atoms with Gasteiger partial charge in [-0.05, 0) is 34.9 Å². The number of rotatable bonds is 2. The summed E-state index contributed by atoms with van der Waals surface area (Å²) in [5, 5.41) is 1.01. The molecule has 0 radical (unpaired) electrons. The molecule has 0 bridgehead atoms. The van der Waals surface area contributed by atoms with Gasteiger partial charge >= 0.3 is 0 Å². The standard InChI is InChI=1S/C12H13Br2F/c1-12(2)9(6-13)11(12)8-4-3-7(15)5-10(8)14/h3-5,9,11H,6H2,1-2H3. The Morgan fingerprint density at radius 3 is 2.53 bits per heavy atom. The summed E-state index contributed by atoms with van der Waals surface area (Å²) in [6, 6.07) is 4.99. The van der Waals surface area contributed by atoms with Crippen molar-refractivity contribution in [3.63, 3.8) is 0 Å². The number of halogens is 3. The Hall–Kier alpha value is 0.110. The van der Waals surface area contributed by atoms with Crippen molar-refractivity contribution >= 4 is 31.9 Å². The summed E-state index contributed by atoms with van der Waals surface area (Å²) in [6.07, 6.45) is 0. The third kappa shape index (κ3) is 1.89. The van der Waals surface area contributed by atoms with E-state index in [9.17, 15) is 4.39 Å². The second-order valence-electron chi connectivity index (χ2n) is 4.73. The topological polar surface area (TPSA) is 0 Å². The lowest BCUT2D eigenvalue weighted by Crippen LogP contribution is -1.92. The highest BCUT2D eigenvalue weighted by Crippen LogP contribution is 2.65. The Labute approximate surface area is 107 Å². The molecule has 0 aromatic heterocycles. The first kappa shape index (κ1) is 11.6. The average molecular weight is 336 g/mol. The first-order valence-corrected chi connectivity index (χ1v) is 6.91. The lowest BCUT2D eigenvalue weighted by Gasteiger charge is -2.05. The highest BCUT2D eigenvalue weighted by Gasteiger charge is 2.57. The molecule has 82 valence electrons. The van der Waals surface area contributed by atoms with Crippen molar-refractivity contribution in [2.45, 2.75) is 19.8 Å². The predicted octanol–water partition coefficient (Wildman–Crippen LogP) is 4.72. The highest BCUT2D eigenvalue weighted by molar-refractivity contribution is 9.10. The van der Waals surface area contributed by atoms with Crippen LogP contribution in [-0.4, -0.2) is 5.33 Å². The van der Waals surface area contributed by atoms with Crippen molar-refractivity contribution in [3.8, 4) is 0 Å². The largest absolute Gasteiger partial charge is 0.207 e. The van der Waals surface area contributed by atoms with E-state index in [1.807, 2.05) is 6.07 Å². The summed E-state index contributed by atoms with van der Waals surface area (Å²) in [4.78, 5) is 0. The number of hydrogen-bond acceptors (Lipinski definition) is 0. The van der Waals surface area contributed by atoms with E-state index >= 15 is 0 Å². The van der Waals surface area contributed by atoms with Crippen LogP contribution in [0.2, 0.25) is 0 Å². The van der Waals surface area contributed by atoms with Gasteiger partial charge in [-0.15, -0.1) is 0 Å². The van der Waals surface area contributed by atoms with Gasteiger partial charge in [-0.3, -0.25) is 0 Å². The van der Waals surface area contributed by atoms with E-state index in [1.165, 1.54) is 5.56 Å². The van der Waals surface area contributed by atoms with Crippen LogP contribution in [0.25, 0.3) is 0 Å². The number of hydrogen-bond donors (Lipinski definition) is 0. The van der Waals surface area contributed by atoms with Gasteiger partial charge in [0.1, 0.15) is 5.82 Å². The normalized spacial score (nSPS) is 27.8. The molecule has 1 fully saturated rings. The molecular weight excluding hydrogens is 323 g/mol. The third-order valence-corrected chi connectivity index (χ3v) is 4.90. The Bertz CT molecular complexity index is 387. The molecule has 2 unspecified atom stereocenters. The molecule has 0 spiro atoms. The van der Waals surface area contributed by atoms with Gasteiger partial charge in [-0.25, -0.2) is 4.39 Å². The van der Waals surface area contributed by atoms with Crippen LogP contribution in [0.4, 0.5) is 4.39 Å². The Morgan fingerprint density at radius 1 is 1.40 bits per heavy atom. The van der Waals surface area contributed by atoms with Crippen molar-refractivity contribution in [2.75, 3.05) is 5.33 Å². The summed E-state index contributed by atoms with van der Waals surface area (Å²) in [5.41, 5.74) is 1.55. The molecule has 1 aliphatic carbocycles. The molecular formula is C12H13Br2F. The summed E-state index contributed by atoms with van der Waals surface area (Å²) in [5.74, 6) is 1.01. The van der Waals surface area contributed by atoms with Gasteiger partial charge in [0.2, 0.25) is 0 Å². The Morgan fingerprint density at radius 2 is 2.07 bits per heavy atom. The maximum absolute atomic E-state index is 13.0. The van der Waals surface area contributed by atoms with Crippen LogP contribution in [-0.2, 0) is 0 Å². The molecule has 3 heteroatoms. The van der Waals surface area contributed by atoms with E-state index < -0.39 is 0 Å². The van der Waals surface area contributed by atoms with Gasteiger partial charge in [-0.2, -0.15) is 0 Å². The van der Waals surface area contributed by atoms with Gasteiger partial charge in [0.25, 0.3) is 0 Å². The van der Waals surface area contributed by atoms with Crippen molar-refractivity contribution in [3.05, 3.63) is 34.1 Å². The van der Waals surface area contributed by atoms with E-state index in [0.29, 0.717) is 17.3 Å². The zero-order valence-electron chi connectivity index (χ0n) is 8.73. The molecule has 0 amide bonds. The van der Waals surface area contributed by atoms with Gasteiger partial charge in [-0.1, -0.05) is 51.8 Å². The van der Waals surface area contributed by atoms with Crippen molar-refractivity contribution < 1.29 is 4.39 Å². The van der Waals surface area contributed by atoms with Gasteiger partial charge in [0, 0.05) is 9.80 Å². The second-order valence-corrected chi connectivity index (χ2v) is 6.23. The smallest absolute Gasteiger partial charge is 0.124 e. The SMILES string of the molecule is CC1(C)C(CBr)C1c1ccc(F)cc1Br. The maximum atomic E-state index is 13.0. The second kappa shape index (κ2) is 3.85. The molecule has 0 aliphatic heterocycles. The molecule has 0 heterocycles. The van der Waals surface area contributed by atoms with E-state index in [0.717, 1.165) is 9.80 Å². The molecule has 2 atom stereocenters. The Balaban J connectivity index is 2.33. The fraction of sp³-hybridized carbons (Fsp3) is 0.500. The fourth-order valence-corrected chi connectivity index (χ4v) is 4.21. The van der Waals surface area contributed by atoms with Crippen molar-refractivity contribution in [2.24, 2.45) is 11.3 Å². The van der Waals surface area contributed by atoms with Crippen molar-refractivity contribution in [1.29, 1.82) is 0 Å². The zero-order valence-corrected chi connectivity index (χ0v) is 11.9. The Kier molecular flexibility index (Phi) is 2.97. The minimum atomic E-state index is -0.181. The molecule has 1 saturated carbocycles. The van der Waals surface area contributed by atoms with E-state index in [4.69, 9.17) is 0 Å². The number of alkyl halides is 1. The van der Waals surface area contributed by atoms with Gasteiger partial charge < -0.3 is 0 Å². The van der Waals surface area contributed by atoms with E-state index in [-0.39, 0.29) is 5.82 Å². The molecule has 1 aliphatic rings. The van der Waals surface area contributed by atoms with Crippen molar-refractivity contribution in [1.82, 2.24) is 0 Å². The lowest BCUT2D eigenvalue weighted by atomic mass is 10.0. The van der Waals surface area contributed by atoms with E-state index in [1.54, 1.807) is 12.1 Å². The lowest BCUT2D eigenvalue weighted by molar-refractivity contribution is 0.578. The highest BCUT2D eigenvalue weighted by atomic mass is 79.9. The van der Waals surface area contributed by atoms with Crippen LogP contribution < -0.4 is 0 Å². The molecule has 15 heavy (non-hydrogen) atoms. The van der Waals surface area contributed by atoms with Crippen LogP contribution in [0, 0.1) is 17.2 Å². The quantitative estimate of drug-likeness (QED) is 0.686. The van der Waals surface area contributed by atoms with Crippen LogP contribution in [0.3, 0.4) is 0 Å². The average Bonchev–Trinajstić information content (AvgIpc) is 2.68.